The van der Waals surface area contributed by atoms with Gasteiger partial charge in [0.2, 0.25) is 11.7 Å². The topological polar surface area (TPSA) is 82.2 Å². The summed E-state index contributed by atoms with van der Waals surface area (Å²) in [7, 11) is 1.72. The van der Waals surface area contributed by atoms with Gasteiger partial charge in [-0.1, -0.05) is 23.2 Å². The Morgan fingerprint density at radius 2 is 1.90 bits per heavy atom. The van der Waals surface area contributed by atoms with Crippen molar-refractivity contribution in [1.29, 1.82) is 0 Å². The van der Waals surface area contributed by atoms with Crippen LogP contribution in [0.5, 0.6) is 11.5 Å². The van der Waals surface area contributed by atoms with E-state index >= 15 is 0 Å². The number of halogens is 3. The van der Waals surface area contributed by atoms with Gasteiger partial charge in [-0.05, 0) is 57.2 Å². The van der Waals surface area contributed by atoms with Gasteiger partial charge in [0, 0.05) is 73.2 Å². The standard InChI is InChI=1S/C30H33Cl2FN4O3/c1-17(2)37-11-9-30(10-12-37)38-16-20-13-19(5-8-25(20)40-30)28(35-4)22-14-21(6-7-24(22)34)39-18(3)26-23(31)15-36-29(33)27(26)32/h5-8,13-15,17-18H,9-12,16,34H2,1-4H3/t18-/m1/s1. The second kappa shape index (κ2) is 11.5. The molecule has 0 aliphatic carbocycles. The average molecular weight is 588 g/mol. The number of aliphatic imine (C=N–C) groups is 1. The Labute approximate surface area is 244 Å². The van der Waals surface area contributed by atoms with Crippen molar-refractivity contribution in [2.75, 3.05) is 25.9 Å². The van der Waals surface area contributed by atoms with Crippen molar-refractivity contribution in [1.82, 2.24) is 9.88 Å². The smallest absolute Gasteiger partial charge is 0.232 e. The molecule has 1 spiro atoms. The number of hydrogen-bond acceptors (Lipinski definition) is 7. The third-order valence-electron chi connectivity index (χ3n) is 7.60. The number of nitrogen functional groups attached to an aromatic ring is 1. The molecule has 0 amide bonds. The van der Waals surface area contributed by atoms with Gasteiger partial charge in [0.25, 0.3) is 0 Å². The fourth-order valence-electron chi connectivity index (χ4n) is 5.32. The molecule has 1 aromatic heterocycles. The highest BCUT2D eigenvalue weighted by molar-refractivity contribution is 6.35. The van der Waals surface area contributed by atoms with Crippen LogP contribution in [0, 0.1) is 5.95 Å². The van der Waals surface area contributed by atoms with E-state index in [1.807, 2.05) is 18.2 Å². The number of nitrogens with two attached hydrogens (primary N) is 1. The fraction of sp³-hybridized carbons (Fsp3) is 0.400. The van der Waals surface area contributed by atoms with Crippen LogP contribution in [0.25, 0.3) is 0 Å². The molecule has 5 rings (SSSR count). The van der Waals surface area contributed by atoms with Gasteiger partial charge in [-0.25, -0.2) is 4.98 Å². The van der Waals surface area contributed by atoms with Gasteiger partial charge >= 0.3 is 0 Å². The lowest BCUT2D eigenvalue weighted by Gasteiger charge is -2.45. The van der Waals surface area contributed by atoms with E-state index in [0.717, 1.165) is 42.8 Å². The summed E-state index contributed by atoms with van der Waals surface area (Å²) in [5.41, 5.74) is 10.5. The predicted octanol–water partition coefficient (Wildman–Crippen LogP) is 6.83. The van der Waals surface area contributed by atoms with Crippen molar-refractivity contribution in [2.45, 2.75) is 58.2 Å². The first-order valence-electron chi connectivity index (χ1n) is 13.3. The maximum Gasteiger partial charge on any atom is 0.232 e. The van der Waals surface area contributed by atoms with E-state index in [0.29, 0.717) is 40.9 Å². The van der Waals surface area contributed by atoms with Crippen molar-refractivity contribution in [3.05, 3.63) is 80.8 Å². The number of ether oxygens (including phenoxy) is 3. The first-order valence-corrected chi connectivity index (χ1v) is 14.1. The fourth-order valence-corrected chi connectivity index (χ4v) is 5.97. The highest BCUT2D eigenvalue weighted by Gasteiger charge is 2.41. The zero-order valence-corrected chi connectivity index (χ0v) is 24.5. The number of hydrogen-bond donors (Lipinski definition) is 1. The minimum atomic E-state index is -0.803. The maximum atomic E-state index is 14.0. The molecule has 10 heteroatoms. The van der Waals surface area contributed by atoms with Gasteiger partial charge in [-0.15, -0.1) is 0 Å². The first kappa shape index (κ1) is 28.6. The van der Waals surface area contributed by atoms with E-state index in [1.165, 1.54) is 6.20 Å². The van der Waals surface area contributed by atoms with E-state index in [2.05, 4.69) is 28.7 Å². The van der Waals surface area contributed by atoms with Crippen molar-refractivity contribution < 1.29 is 18.6 Å². The third kappa shape index (κ3) is 5.63. The number of rotatable bonds is 6. The van der Waals surface area contributed by atoms with Crippen molar-refractivity contribution >= 4 is 34.6 Å². The number of piperidine rings is 1. The number of nitrogens with zero attached hydrogens (tertiary/aromatic N) is 3. The normalized spacial score (nSPS) is 17.9. The Morgan fingerprint density at radius 1 is 1.15 bits per heavy atom. The number of benzene rings is 2. The summed E-state index contributed by atoms with van der Waals surface area (Å²) >= 11 is 12.4. The van der Waals surface area contributed by atoms with Crippen LogP contribution >= 0.6 is 23.2 Å². The quantitative estimate of drug-likeness (QED) is 0.194. The molecule has 1 saturated heterocycles. The number of fused-ring (bicyclic) bond motifs is 1. The number of aromatic nitrogens is 1. The Hall–Kier alpha value is -2.91. The van der Waals surface area contributed by atoms with Crippen LogP contribution in [0.15, 0.2) is 47.6 Å². The van der Waals surface area contributed by atoms with Gasteiger partial charge in [0.1, 0.15) is 22.6 Å². The second-order valence-corrected chi connectivity index (χ2v) is 11.2. The molecule has 0 saturated carbocycles. The van der Waals surface area contributed by atoms with Crippen LogP contribution in [-0.4, -0.2) is 47.6 Å². The molecule has 0 bridgehead atoms. The summed E-state index contributed by atoms with van der Waals surface area (Å²) in [6, 6.07) is 11.8. The van der Waals surface area contributed by atoms with Crippen LogP contribution in [0.2, 0.25) is 10.0 Å². The van der Waals surface area contributed by atoms with Crippen LogP contribution in [-0.2, 0) is 11.3 Å². The summed E-state index contributed by atoms with van der Waals surface area (Å²) in [6.07, 6.45) is 2.24. The Balaban J connectivity index is 1.37. The summed E-state index contributed by atoms with van der Waals surface area (Å²) in [5, 5.41) is 0.0494. The Bertz CT molecular complexity index is 1440. The number of anilines is 1. The summed E-state index contributed by atoms with van der Waals surface area (Å²) in [4.78, 5) is 10.6. The van der Waals surface area contributed by atoms with E-state index < -0.39 is 17.8 Å². The van der Waals surface area contributed by atoms with Gasteiger partial charge in [-0.3, -0.25) is 4.99 Å². The SMILES string of the molecule is CN=C(c1ccc2c(c1)COC1(CCN(C(C)C)CC1)O2)c1cc(O[C@H](C)c2c(Cl)cnc(F)c2Cl)ccc1N. The molecule has 40 heavy (non-hydrogen) atoms. The van der Waals surface area contributed by atoms with E-state index in [9.17, 15) is 4.39 Å². The lowest BCUT2D eigenvalue weighted by atomic mass is 9.96. The molecule has 2 aromatic carbocycles. The van der Waals surface area contributed by atoms with Crippen LogP contribution < -0.4 is 15.2 Å². The van der Waals surface area contributed by atoms with E-state index in [4.69, 9.17) is 43.1 Å². The third-order valence-corrected chi connectivity index (χ3v) is 8.26. The predicted molar refractivity (Wildman–Crippen MR) is 156 cm³/mol. The lowest BCUT2D eigenvalue weighted by Crippen LogP contribution is -2.52. The summed E-state index contributed by atoms with van der Waals surface area (Å²) in [5.74, 6) is -0.0397. The van der Waals surface area contributed by atoms with Gasteiger partial charge < -0.3 is 24.8 Å². The Morgan fingerprint density at radius 3 is 2.60 bits per heavy atom. The summed E-state index contributed by atoms with van der Waals surface area (Å²) in [6.45, 7) is 8.52. The lowest BCUT2D eigenvalue weighted by molar-refractivity contribution is -0.229. The minimum Gasteiger partial charge on any atom is -0.486 e. The number of pyridine rings is 1. The molecule has 2 N–H and O–H groups in total. The van der Waals surface area contributed by atoms with Gasteiger partial charge in [0.05, 0.1) is 17.3 Å². The van der Waals surface area contributed by atoms with Crippen LogP contribution in [0.1, 0.15) is 62.0 Å². The average Bonchev–Trinajstić information content (AvgIpc) is 2.93. The first-order chi connectivity index (χ1) is 19.1. The minimum absolute atomic E-state index is 0.169. The zero-order valence-electron chi connectivity index (χ0n) is 23.0. The van der Waals surface area contributed by atoms with Crippen LogP contribution in [0.3, 0.4) is 0 Å². The van der Waals surface area contributed by atoms with Gasteiger partial charge in [0.15, 0.2) is 0 Å². The van der Waals surface area contributed by atoms with Crippen molar-refractivity contribution in [3.8, 4) is 11.5 Å². The highest BCUT2D eigenvalue weighted by Crippen LogP contribution is 2.39. The van der Waals surface area contributed by atoms with E-state index in [-0.39, 0.29) is 10.0 Å². The maximum absolute atomic E-state index is 14.0. The molecule has 3 aromatic rings. The Kier molecular flexibility index (Phi) is 8.25. The van der Waals surface area contributed by atoms with Crippen molar-refractivity contribution in [2.24, 2.45) is 4.99 Å². The molecule has 212 valence electrons. The van der Waals surface area contributed by atoms with Gasteiger partial charge in [-0.2, -0.15) is 4.39 Å². The molecule has 2 aliphatic rings. The highest BCUT2D eigenvalue weighted by atomic mass is 35.5. The molecule has 1 fully saturated rings. The van der Waals surface area contributed by atoms with Crippen molar-refractivity contribution in [3.63, 3.8) is 0 Å². The zero-order chi connectivity index (χ0) is 28.6. The van der Waals surface area contributed by atoms with E-state index in [1.54, 1.807) is 32.2 Å². The molecule has 7 nitrogen and oxygen atoms in total. The van der Waals surface area contributed by atoms with Crippen LogP contribution in [0.4, 0.5) is 10.1 Å². The second-order valence-electron chi connectivity index (χ2n) is 10.5. The molecule has 2 aliphatic heterocycles. The molecule has 0 radical (unpaired) electrons. The largest absolute Gasteiger partial charge is 0.486 e. The molecular formula is C30H33Cl2FN4O3. The molecular weight excluding hydrogens is 554 g/mol. The molecule has 1 atom stereocenters. The monoisotopic (exact) mass is 586 g/mol. The molecule has 0 unspecified atom stereocenters. The number of likely N-dealkylation sites (tertiary alicyclic amines) is 1. The molecule has 3 heterocycles. The summed E-state index contributed by atoms with van der Waals surface area (Å²) < 4.78 is 32.8.